The van der Waals surface area contributed by atoms with Gasteiger partial charge in [0, 0.05) is 38.8 Å². The molecule has 2 aliphatic rings. The number of ether oxygens (including phenoxy) is 4. The molecule has 258 valence electrons. The van der Waals surface area contributed by atoms with Gasteiger partial charge in [0.05, 0.1) is 48.9 Å². The van der Waals surface area contributed by atoms with Crippen LogP contribution in [0.25, 0.3) is 0 Å². The van der Waals surface area contributed by atoms with Crippen molar-refractivity contribution in [2.75, 3.05) is 52.0 Å². The lowest BCUT2D eigenvalue weighted by Crippen LogP contribution is -2.53. The number of methoxy groups -OCH3 is 2. The van der Waals surface area contributed by atoms with E-state index >= 15 is 0 Å². The molecule has 48 heavy (non-hydrogen) atoms. The van der Waals surface area contributed by atoms with Crippen molar-refractivity contribution in [3.05, 3.63) is 83.4 Å². The van der Waals surface area contributed by atoms with E-state index in [0.717, 1.165) is 53.4 Å². The van der Waals surface area contributed by atoms with Gasteiger partial charge in [-0.25, -0.2) is 8.42 Å². The summed E-state index contributed by atoms with van der Waals surface area (Å²) in [5.74, 6) is 1.32. The van der Waals surface area contributed by atoms with E-state index in [-0.39, 0.29) is 35.2 Å². The summed E-state index contributed by atoms with van der Waals surface area (Å²) in [6.07, 6.45) is 1.46. The van der Waals surface area contributed by atoms with Gasteiger partial charge >= 0.3 is 0 Å². The molecule has 9 nitrogen and oxygen atoms in total. The van der Waals surface area contributed by atoms with Crippen LogP contribution in [0.2, 0.25) is 0 Å². The summed E-state index contributed by atoms with van der Waals surface area (Å²) >= 11 is 0. The first-order valence-electron chi connectivity index (χ1n) is 16.9. The Hall–Kier alpha value is -3.62. The third kappa shape index (κ3) is 8.32. The van der Waals surface area contributed by atoms with Crippen LogP contribution in [-0.4, -0.2) is 71.9 Å². The number of benzene rings is 3. The van der Waals surface area contributed by atoms with Gasteiger partial charge in [0.2, 0.25) is 10.0 Å². The van der Waals surface area contributed by atoms with Crippen molar-refractivity contribution in [3.8, 4) is 17.6 Å². The van der Waals surface area contributed by atoms with Crippen LogP contribution in [0.5, 0.6) is 11.5 Å². The van der Waals surface area contributed by atoms with Crippen LogP contribution in [-0.2, 0) is 26.1 Å². The molecular weight excluding hydrogens is 627 g/mol. The maximum absolute atomic E-state index is 14.3. The van der Waals surface area contributed by atoms with Gasteiger partial charge in [-0.1, -0.05) is 49.7 Å². The summed E-state index contributed by atoms with van der Waals surface area (Å²) in [6, 6.07) is 23.2. The molecule has 0 aromatic heterocycles. The topological polar surface area (TPSA) is 101 Å². The van der Waals surface area contributed by atoms with Crippen LogP contribution in [0.4, 0.5) is 5.69 Å². The molecule has 10 heteroatoms. The maximum atomic E-state index is 14.3. The van der Waals surface area contributed by atoms with Gasteiger partial charge in [0.25, 0.3) is 0 Å². The second-order valence-corrected chi connectivity index (χ2v) is 15.1. The Labute approximate surface area is 286 Å². The second-order valence-electron chi connectivity index (χ2n) is 13.2. The van der Waals surface area contributed by atoms with Crippen LogP contribution in [0.1, 0.15) is 55.7 Å². The highest BCUT2D eigenvalue weighted by molar-refractivity contribution is 7.89. The molecule has 3 aromatic rings. The lowest BCUT2D eigenvalue weighted by molar-refractivity contribution is -0.0225. The minimum Gasteiger partial charge on any atom is -0.497 e. The summed E-state index contributed by atoms with van der Waals surface area (Å²) in [7, 11) is -0.522. The maximum Gasteiger partial charge on any atom is 0.243 e. The van der Waals surface area contributed by atoms with Crippen LogP contribution in [0.3, 0.4) is 0 Å². The normalized spacial score (nSPS) is 20.5. The summed E-state index contributed by atoms with van der Waals surface area (Å²) in [5.41, 5.74) is 4.07. The second kappa shape index (κ2) is 16.2. The number of piperidine rings is 1. The molecule has 0 unspecified atom stereocenters. The Morgan fingerprint density at radius 2 is 1.79 bits per heavy atom. The number of nitrogens with zero attached hydrogens (tertiary/aromatic N) is 3. The monoisotopic (exact) mass is 675 g/mol. The van der Waals surface area contributed by atoms with E-state index in [2.05, 4.69) is 17.0 Å². The third-order valence-electron chi connectivity index (χ3n) is 9.63. The molecule has 0 saturated carbocycles. The highest BCUT2D eigenvalue weighted by Gasteiger charge is 2.44. The minimum atomic E-state index is -3.88. The molecule has 1 fully saturated rings. The van der Waals surface area contributed by atoms with Gasteiger partial charge in [-0.3, -0.25) is 0 Å². The third-order valence-corrected chi connectivity index (χ3v) is 11.6. The Morgan fingerprint density at radius 3 is 2.46 bits per heavy atom. The Balaban J connectivity index is 1.47. The van der Waals surface area contributed by atoms with Gasteiger partial charge in [0.1, 0.15) is 18.1 Å². The van der Waals surface area contributed by atoms with Crippen molar-refractivity contribution in [2.45, 2.75) is 69.6 Å². The summed E-state index contributed by atoms with van der Waals surface area (Å²) < 4.78 is 53.7. The van der Waals surface area contributed by atoms with E-state index in [0.29, 0.717) is 32.7 Å². The summed E-state index contributed by atoms with van der Waals surface area (Å²) in [4.78, 5) is 2.57. The van der Waals surface area contributed by atoms with E-state index in [4.69, 9.17) is 18.9 Å². The van der Waals surface area contributed by atoms with Crippen molar-refractivity contribution < 1.29 is 27.4 Å². The molecule has 2 aliphatic heterocycles. The molecule has 0 amide bonds. The first kappa shape index (κ1) is 35.7. The largest absolute Gasteiger partial charge is 0.497 e. The SMILES string of the molecule is COCCCN1CCOc2ccc(CO[C@H]3CN(S(=O)(=O)c4ccc(C)cc4)[C@@H](C[C@H](C#N)C(C)C)C[C@@H]3c3ccc(OC)cc3)cc21. The summed E-state index contributed by atoms with van der Waals surface area (Å²) in [5, 5.41) is 10.1. The zero-order valence-corrected chi connectivity index (χ0v) is 29.6. The number of hydrogen-bond donors (Lipinski definition) is 0. The lowest BCUT2D eigenvalue weighted by atomic mass is 9.80. The van der Waals surface area contributed by atoms with Crippen LogP contribution in [0.15, 0.2) is 71.6 Å². The number of aryl methyl sites for hydroxylation is 1. The Morgan fingerprint density at radius 1 is 1.04 bits per heavy atom. The first-order chi connectivity index (χ1) is 23.1. The van der Waals surface area contributed by atoms with E-state index in [1.54, 1.807) is 30.7 Å². The predicted octanol–water partition coefficient (Wildman–Crippen LogP) is 6.56. The number of rotatable bonds is 14. The molecule has 0 bridgehead atoms. The molecule has 0 aliphatic carbocycles. The Bertz CT molecular complexity index is 1640. The lowest BCUT2D eigenvalue weighted by Gasteiger charge is -2.44. The van der Waals surface area contributed by atoms with E-state index < -0.39 is 16.1 Å². The van der Waals surface area contributed by atoms with Crippen molar-refractivity contribution in [1.82, 2.24) is 4.31 Å². The quantitative estimate of drug-likeness (QED) is 0.177. The van der Waals surface area contributed by atoms with Gasteiger partial charge < -0.3 is 23.8 Å². The molecule has 0 radical (unpaired) electrons. The average Bonchev–Trinajstić information content (AvgIpc) is 3.10. The van der Waals surface area contributed by atoms with Crippen molar-refractivity contribution in [1.29, 1.82) is 5.26 Å². The molecule has 2 heterocycles. The molecule has 0 spiro atoms. The van der Waals surface area contributed by atoms with Crippen LogP contribution in [0, 0.1) is 30.1 Å². The van der Waals surface area contributed by atoms with Crippen molar-refractivity contribution in [2.24, 2.45) is 11.8 Å². The molecule has 5 rings (SSSR count). The fraction of sp³-hybridized carbons (Fsp3) is 0.500. The molecular formula is C38H49N3O6S. The van der Waals surface area contributed by atoms with Gasteiger partial charge in [-0.05, 0) is 79.6 Å². The van der Waals surface area contributed by atoms with E-state index in [1.807, 2.05) is 69.3 Å². The fourth-order valence-electron chi connectivity index (χ4n) is 6.75. The van der Waals surface area contributed by atoms with Gasteiger partial charge in [-0.2, -0.15) is 9.57 Å². The van der Waals surface area contributed by atoms with E-state index in [1.165, 1.54) is 0 Å². The molecule has 1 saturated heterocycles. The van der Waals surface area contributed by atoms with Gasteiger partial charge in [0.15, 0.2) is 0 Å². The fourth-order valence-corrected chi connectivity index (χ4v) is 8.41. The molecule has 0 N–H and O–H groups in total. The standard InChI is InChI=1S/C38H49N3O6S/c1-27(2)31(24-39)22-32-23-35(30-10-12-33(45-5)13-11-30)38(25-41(32)48(42,43)34-14-7-28(3)8-15-34)47-26-29-9-16-37-36(21-29)40(18-20-46-37)17-6-19-44-4/h7-16,21,27,31-32,35,38H,6,17-20,22-23,25-26H2,1-5H3/t31-,32+,35-,38+/m1/s1. The van der Waals surface area contributed by atoms with Crippen molar-refractivity contribution in [3.63, 3.8) is 0 Å². The number of nitriles is 1. The van der Waals surface area contributed by atoms with Crippen LogP contribution >= 0.6 is 0 Å². The summed E-state index contributed by atoms with van der Waals surface area (Å²) in [6.45, 7) is 9.46. The van der Waals surface area contributed by atoms with Crippen molar-refractivity contribution >= 4 is 15.7 Å². The number of sulfonamides is 1. The first-order valence-corrected chi connectivity index (χ1v) is 18.3. The average molecular weight is 676 g/mol. The zero-order valence-electron chi connectivity index (χ0n) is 28.8. The number of hydrogen-bond acceptors (Lipinski definition) is 8. The zero-order chi connectivity index (χ0) is 34.3. The highest BCUT2D eigenvalue weighted by Crippen LogP contribution is 2.41. The van der Waals surface area contributed by atoms with Crippen LogP contribution < -0.4 is 14.4 Å². The predicted molar refractivity (Wildman–Crippen MR) is 187 cm³/mol. The highest BCUT2D eigenvalue weighted by atomic mass is 32.2. The smallest absolute Gasteiger partial charge is 0.243 e. The number of anilines is 1. The Kier molecular flexibility index (Phi) is 12.0. The van der Waals surface area contributed by atoms with E-state index in [9.17, 15) is 13.7 Å². The molecule has 4 atom stereocenters. The minimum absolute atomic E-state index is 0.0920. The number of fused-ring (bicyclic) bond motifs is 1. The van der Waals surface area contributed by atoms with Gasteiger partial charge in [-0.15, -0.1) is 0 Å². The molecule has 3 aromatic carbocycles.